The van der Waals surface area contributed by atoms with E-state index < -0.39 is 6.10 Å². The van der Waals surface area contributed by atoms with Crippen LogP contribution in [0.5, 0.6) is 5.75 Å². The zero-order valence-electron chi connectivity index (χ0n) is 10.7. The van der Waals surface area contributed by atoms with E-state index in [-0.39, 0.29) is 0 Å². The van der Waals surface area contributed by atoms with Crippen molar-refractivity contribution in [3.8, 4) is 5.75 Å². The molecule has 1 aromatic carbocycles. The Morgan fingerprint density at radius 2 is 2.00 bits per heavy atom. The van der Waals surface area contributed by atoms with E-state index in [9.17, 15) is 5.11 Å². The number of hydrogen-bond donors (Lipinski definition) is 1. The van der Waals surface area contributed by atoms with Crippen LogP contribution in [0.15, 0.2) is 30.5 Å². The van der Waals surface area contributed by atoms with E-state index in [1.54, 1.807) is 26.3 Å². The molecule has 2 aromatic rings. The van der Waals surface area contributed by atoms with Crippen molar-refractivity contribution >= 4 is 0 Å². The van der Waals surface area contributed by atoms with E-state index in [4.69, 9.17) is 4.74 Å². The van der Waals surface area contributed by atoms with Crippen molar-refractivity contribution in [1.82, 2.24) is 9.97 Å². The number of aliphatic hydroxyl groups is 1. The minimum Gasteiger partial charge on any atom is -0.497 e. The third-order valence-electron chi connectivity index (χ3n) is 2.85. The predicted molar refractivity (Wildman–Crippen MR) is 68.6 cm³/mol. The maximum atomic E-state index is 10.3. The fraction of sp³-hybridized carbons (Fsp3) is 0.286. The van der Waals surface area contributed by atoms with Gasteiger partial charge in [-0.1, -0.05) is 6.07 Å². The summed E-state index contributed by atoms with van der Waals surface area (Å²) in [5, 5.41) is 10.3. The molecule has 1 atom stereocenters. The van der Waals surface area contributed by atoms with E-state index >= 15 is 0 Å². The standard InChI is InChI=1S/C14H16N2O2/c1-9-8-11(18-3)4-5-12(9)14(17)13-6-7-15-10(2)16-13/h4-8,14,17H,1-3H3. The molecule has 1 aromatic heterocycles. The predicted octanol–water partition coefficient (Wildman–Crippen LogP) is 2.18. The van der Waals surface area contributed by atoms with Gasteiger partial charge in [0.05, 0.1) is 12.8 Å². The average Bonchev–Trinajstić information content (AvgIpc) is 2.37. The Kier molecular flexibility index (Phi) is 3.58. The Bertz CT molecular complexity index is 555. The number of rotatable bonds is 3. The second-order valence-electron chi connectivity index (χ2n) is 4.15. The summed E-state index contributed by atoms with van der Waals surface area (Å²) in [6.07, 6.45) is 0.914. The maximum Gasteiger partial charge on any atom is 0.125 e. The maximum absolute atomic E-state index is 10.3. The number of ether oxygens (including phenoxy) is 1. The van der Waals surface area contributed by atoms with Gasteiger partial charge >= 0.3 is 0 Å². The number of hydrogen-bond acceptors (Lipinski definition) is 4. The van der Waals surface area contributed by atoms with Gasteiger partial charge in [0.15, 0.2) is 0 Å². The molecule has 0 aliphatic carbocycles. The van der Waals surface area contributed by atoms with Gasteiger partial charge in [-0.3, -0.25) is 0 Å². The van der Waals surface area contributed by atoms with Gasteiger partial charge in [0, 0.05) is 6.20 Å². The lowest BCUT2D eigenvalue weighted by molar-refractivity contribution is 0.214. The molecule has 4 heteroatoms. The SMILES string of the molecule is COc1ccc(C(O)c2ccnc(C)n2)c(C)c1. The fourth-order valence-electron chi connectivity index (χ4n) is 1.87. The molecule has 0 aliphatic heterocycles. The zero-order valence-corrected chi connectivity index (χ0v) is 10.7. The highest BCUT2D eigenvalue weighted by Crippen LogP contribution is 2.26. The van der Waals surface area contributed by atoms with E-state index in [1.165, 1.54) is 0 Å². The second kappa shape index (κ2) is 5.14. The van der Waals surface area contributed by atoms with Crippen molar-refractivity contribution in [2.24, 2.45) is 0 Å². The Morgan fingerprint density at radius 3 is 2.61 bits per heavy atom. The summed E-state index contributed by atoms with van der Waals surface area (Å²) in [7, 11) is 1.62. The van der Waals surface area contributed by atoms with Gasteiger partial charge in [-0.15, -0.1) is 0 Å². The molecule has 0 spiro atoms. The van der Waals surface area contributed by atoms with Crippen LogP contribution in [0, 0.1) is 13.8 Å². The summed E-state index contributed by atoms with van der Waals surface area (Å²) in [4.78, 5) is 8.26. The summed E-state index contributed by atoms with van der Waals surface area (Å²) in [5.74, 6) is 1.43. The lowest BCUT2D eigenvalue weighted by atomic mass is 10.0. The molecular weight excluding hydrogens is 228 g/mol. The zero-order chi connectivity index (χ0) is 13.1. The fourth-order valence-corrected chi connectivity index (χ4v) is 1.87. The Balaban J connectivity index is 2.37. The van der Waals surface area contributed by atoms with Crippen LogP contribution < -0.4 is 4.74 Å². The van der Waals surface area contributed by atoms with Crippen molar-refractivity contribution < 1.29 is 9.84 Å². The lowest BCUT2D eigenvalue weighted by Gasteiger charge is -2.14. The van der Waals surface area contributed by atoms with E-state index in [1.807, 2.05) is 25.1 Å². The van der Waals surface area contributed by atoms with Crippen LogP contribution in [0.3, 0.4) is 0 Å². The minimum absolute atomic E-state index is 0.607. The van der Waals surface area contributed by atoms with Gasteiger partial charge in [-0.05, 0) is 43.2 Å². The molecule has 0 amide bonds. The molecule has 0 saturated heterocycles. The third-order valence-corrected chi connectivity index (χ3v) is 2.85. The molecule has 0 radical (unpaired) electrons. The minimum atomic E-state index is -0.738. The Labute approximate surface area is 106 Å². The van der Waals surface area contributed by atoms with Gasteiger partial charge in [0.25, 0.3) is 0 Å². The Morgan fingerprint density at radius 1 is 1.22 bits per heavy atom. The largest absolute Gasteiger partial charge is 0.497 e. The molecule has 0 saturated carbocycles. The van der Waals surface area contributed by atoms with Crippen molar-refractivity contribution in [1.29, 1.82) is 0 Å². The van der Waals surface area contributed by atoms with Gasteiger partial charge in [-0.2, -0.15) is 0 Å². The smallest absolute Gasteiger partial charge is 0.125 e. The van der Waals surface area contributed by atoms with Gasteiger partial charge in [0.1, 0.15) is 17.7 Å². The normalized spacial score (nSPS) is 12.2. The van der Waals surface area contributed by atoms with Crippen molar-refractivity contribution in [3.05, 3.63) is 53.1 Å². The number of benzene rings is 1. The summed E-state index contributed by atoms with van der Waals surface area (Å²) in [6, 6.07) is 7.31. The molecule has 2 rings (SSSR count). The first-order valence-electron chi connectivity index (χ1n) is 5.74. The van der Waals surface area contributed by atoms with Crippen LogP contribution in [0.4, 0.5) is 0 Å². The number of aryl methyl sites for hydroxylation is 2. The average molecular weight is 244 g/mol. The number of methoxy groups -OCH3 is 1. The molecule has 1 N–H and O–H groups in total. The summed E-state index contributed by atoms with van der Waals surface area (Å²) < 4.78 is 5.15. The molecule has 4 nitrogen and oxygen atoms in total. The molecule has 0 fully saturated rings. The highest BCUT2D eigenvalue weighted by atomic mass is 16.5. The lowest BCUT2D eigenvalue weighted by Crippen LogP contribution is -2.06. The van der Waals surface area contributed by atoms with Gasteiger partial charge in [-0.25, -0.2) is 9.97 Å². The monoisotopic (exact) mass is 244 g/mol. The number of aromatic nitrogens is 2. The topological polar surface area (TPSA) is 55.2 Å². The highest BCUT2D eigenvalue weighted by molar-refractivity contribution is 5.38. The van der Waals surface area contributed by atoms with E-state index in [0.29, 0.717) is 11.5 Å². The Hall–Kier alpha value is -1.94. The van der Waals surface area contributed by atoms with Crippen molar-refractivity contribution in [2.45, 2.75) is 20.0 Å². The summed E-state index contributed by atoms with van der Waals surface area (Å²) in [5.41, 5.74) is 2.41. The first-order chi connectivity index (χ1) is 8.61. The van der Waals surface area contributed by atoms with E-state index in [2.05, 4.69) is 9.97 Å². The van der Waals surface area contributed by atoms with Crippen LogP contribution in [0.2, 0.25) is 0 Å². The summed E-state index contributed by atoms with van der Waals surface area (Å²) >= 11 is 0. The second-order valence-corrected chi connectivity index (χ2v) is 4.15. The van der Waals surface area contributed by atoms with E-state index in [0.717, 1.165) is 16.9 Å². The molecule has 0 aliphatic rings. The number of aliphatic hydroxyl groups excluding tert-OH is 1. The molecule has 94 valence electrons. The van der Waals surface area contributed by atoms with Crippen molar-refractivity contribution in [2.75, 3.05) is 7.11 Å². The molecule has 0 bridgehead atoms. The van der Waals surface area contributed by atoms with Crippen LogP contribution in [-0.4, -0.2) is 22.2 Å². The highest BCUT2D eigenvalue weighted by Gasteiger charge is 2.14. The van der Waals surface area contributed by atoms with Crippen LogP contribution in [0.1, 0.15) is 28.7 Å². The first-order valence-corrected chi connectivity index (χ1v) is 5.74. The van der Waals surface area contributed by atoms with Crippen molar-refractivity contribution in [3.63, 3.8) is 0 Å². The molecule has 1 unspecified atom stereocenters. The molecule has 1 heterocycles. The van der Waals surface area contributed by atoms with Crippen LogP contribution >= 0.6 is 0 Å². The van der Waals surface area contributed by atoms with Crippen LogP contribution in [0.25, 0.3) is 0 Å². The van der Waals surface area contributed by atoms with Gasteiger partial charge in [0.2, 0.25) is 0 Å². The molecular formula is C14H16N2O2. The first kappa shape index (κ1) is 12.5. The summed E-state index contributed by atoms with van der Waals surface area (Å²) in [6.45, 7) is 3.74. The van der Waals surface area contributed by atoms with Crippen LogP contribution in [-0.2, 0) is 0 Å². The quantitative estimate of drug-likeness (QED) is 0.899. The third kappa shape index (κ3) is 2.49. The number of nitrogens with zero attached hydrogens (tertiary/aromatic N) is 2. The molecule has 18 heavy (non-hydrogen) atoms. The van der Waals surface area contributed by atoms with Gasteiger partial charge < -0.3 is 9.84 Å².